The lowest BCUT2D eigenvalue weighted by Gasteiger charge is -2.03. The molecule has 0 bridgehead atoms. The maximum atomic E-state index is 11.0. The zero-order valence-corrected chi connectivity index (χ0v) is 9.29. The summed E-state index contributed by atoms with van der Waals surface area (Å²) in [4.78, 5) is 10.1. The van der Waals surface area contributed by atoms with Crippen molar-refractivity contribution >= 4 is 16.0 Å². The van der Waals surface area contributed by atoms with Gasteiger partial charge in [0, 0.05) is 13.2 Å². The maximum absolute atomic E-state index is 11.0. The molecule has 0 amide bonds. The highest BCUT2D eigenvalue weighted by Crippen LogP contribution is 1.98. The fraction of sp³-hybridized carbons (Fsp3) is 0.875. The standard InChI is InChI=1S/C8H17NO5S/c10-6-4-2-1-3-5-9-15(13,14)7-8(11)12/h9-10H,1-7H2,(H,11,12). The van der Waals surface area contributed by atoms with Crippen LogP contribution in [0.2, 0.25) is 0 Å². The summed E-state index contributed by atoms with van der Waals surface area (Å²) < 4.78 is 24.2. The van der Waals surface area contributed by atoms with Crippen molar-refractivity contribution in [3.63, 3.8) is 0 Å². The smallest absolute Gasteiger partial charge is 0.320 e. The highest BCUT2D eigenvalue weighted by molar-refractivity contribution is 7.90. The average Bonchev–Trinajstić information content (AvgIpc) is 2.08. The van der Waals surface area contributed by atoms with Gasteiger partial charge in [0.2, 0.25) is 10.0 Å². The van der Waals surface area contributed by atoms with Gasteiger partial charge < -0.3 is 10.2 Å². The van der Waals surface area contributed by atoms with E-state index >= 15 is 0 Å². The van der Waals surface area contributed by atoms with E-state index in [1.165, 1.54) is 0 Å². The molecule has 0 fully saturated rings. The molecule has 0 rings (SSSR count). The molecule has 0 saturated carbocycles. The number of rotatable bonds is 9. The van der Waals surface area contributed by atoms with E-state index in [4.69, 9.17) is 10.2 Å². The van der Waals surface area contributed by atoms with Gasteiger partial charge in [-0.2, -0.15) is 0 Å². The lowest BCUT2D eigenvalue weighted by atomic mass is 10.2. The number of hydrogen-bond donors (Lipinski definition) is 3. The lowest BCUT2D eigenvalue weighted by molar-refractivity contribution is -0.134. The third-order valence-corrected chi connectivity index (χ3v) is 2.99. The van der Waals surface area contributed by atoms with Gasteiger partial charge in [-0.05, 0) is 12.8 Å². The average molecular weight is 239 g/mol. The summed E-state index contributed by atoms with van der Waals surface area (Å²) in [5.74, 6) is -2.24. The van der Waals surface area contributed by atoms with Gasteiger partial charge in [-0.25, -0.2) is 13.1 Å². The zero-order valence-electron chi connectivity index (χ0n) is 8.48. The van der Waals surface area contributed by atoms with E-state index in [-0.39, 0.29) is 13.2 Å². The summed E-state index contributed by atoms with van der Waals surface area (Å²) in [7, 11) is -3.67. The first-order chi connectivity index (χ1) is 6.98. The summed E-state index contributed by atoms with van der Waals surface area (Å²) in [6.07, 6.45) is 3.02. The van der Waals surface area contributed by atoms with Gasteiger partial charge in [-0.1, -0.05) is 12.8 Å². The number of unbranched alkanes of at least 4 members (excludes halogenated alkanes) is 3. The van der Waals surface area contributed by atoms with Crippen molar-refractivity contribution in [2.45, 2.75) is 25.7 Å². The predicted molar refractivity (Wildman–Crippen MR) is 55.0 cm³/mol. The van der Waals surface area contributed by atoms with Crippen molar-refractivity contribution < 1.29 is 23.4 Å². The molecule has 0 heterocycles. The number of nitrogens with one attached hydrogen (secondary N) is 1. The second kappa shape index (κ2) is 7.61. The van der Waals surface area contributed by atoms with E-state index in [2.05, 4.69) is 4.72 Å². The molecule has 0 radical (unpaired) electrons. The van der Waals surface area contributed by atoms with E-state index in [1.54, 1.807) is 0 Å². The van der Waals surface area contributed by atoms with Crippen LogP contribution < -0.4 is 4.72 Å². The van der Waals surface area contributed by atoms with Crippen LogP contribution in [0, 0.1) is 0 Å². The minimum atomic E-state index is -3.67. The van der Waals surface area contributed by atoms with Gasteiger partial charge in [0.15, 0.2) is 5.75 Å². The van der Waals surface area contributed by atoms with Crippen molar-refractivity contribution in [3.8, 4) is 0 Å². The molecule has 0 aromatic carbocycles. The first-order valence-electron chi connectivity index (χ1n) is 4.78. The van der Waals surface area contributed by atoms with Crippen LogP contribution in [0.3, 0.4) is 0 Å². The molecule has 0 saturated heterocycles. The predicted octanol–water partition coefficient (Wildman–Crippen LogP) is -0.457. The molecular weight excluding hydrogens is 222 g/mol. The molecule has 7 heteroatoms. The number of sulfonamides is 1. The largest absolute Gasteiger partial charge is 0.480 e. The Morgan fingerprint density at radius 2 is 1.73 bits per heavy atom. The molecule has 0 aromatic rings. The summed E-state index contributed by atoms with van der Waals surface area (Å²) in [5, 5.41) is 16.7. The van der Waals surface area contributed by atoms with Crippen molar-refractivity contribution in [1.82, 2.24) is 4.72 Å². The Kier molecular flexibility index (Phi) is 7.27. The van der Waals surface area contributed by atoms with Crippen molar-refractivity contribution in [2.24, 2.45) is 0 Å². The minimum Gasteiger partial charge on any atom is -0.480 e. The summed E-state index contributed by atoms with van der Waals surface area (Å²) in [6.45, 7) is 0.395. The van der Waals surface area contributed by atoms with Gasteiger partial charge in [0.1, 0.15) is 0 Å². The topological polar surface area (TPSA) is 104 Å². The number of carboxylic acids is 1. The number of aliphatic hydroxyl groups excluding tert-OH is 1. The van der Waals surface area contributed by atoms with Crippen LogP contribution in [0.1, 0.15) is 25.7 Å². The van der Waals surface area contributed by atoms with Crippen LogP contribution >= 0.6 is 0 Å². The second-order valence-electron chi connectivity index (χ2n) is 3.18. The van der Waals surface area contributed by atoms with E-state index in [0.717, 1.165) is 12.8 Å². The Bertz CT molecular complexity index is 275. The van der Waals surface area contributed by atoms with Crippen LogP contribution in [0.4, 0.5) is 0 Å². The van der Waals surface area contributed by atoms with E-state index in [0.29, 0.717) is 12.8 Å². The molecule has 0 aliphatic heterocycles. The zero-order chi connectivity index (χ0) is 11.7. The van der Waals surface area contributed by atoms with Gasteiger partial charge in [0.05, 0.1) is 0 Å². The van der Waals surface area contributed by atoms with E-state index < -0.39 is 21.7 Å². The molecule has 0 aromatic heterocycles. The molecule has 15 heavy (non-hydrogen) atoms. The molecule has 90 valence electrons. The Labute approximate surface area is 89.4 Å². The highest BCUT2D eigenvalue weighted by atomic mass is 32.2. The quantitative estimate of drug-likeness (QED) is 0.472. The SMILES string of the molecule is O=C(O)CS(=O)(=O)NCCCCCCO. The van der Waals surface area contributed by atoms with Crippen LogP contribution in [0.25, 0.3) is 0 Å². The first kappa shape index (κ1) is 14.3. The monoisotopic (exact) mass is 239 g/mol. The van der Waals surface area contributed by atoms with Crippen molar-refractivity contribution in [3.05, 3.63) is 0 Å². The highest BCUT2D eigenvalue weighted by Gasteiger charge is 2.13. The summed E-state index contributed by atoms with van der Waals surface area (Å²) in [6, 6.07) is 0. The summed E-state index contributed by atoms with van der Waals surface area (Å²) >= 11 is 0. The number of carbonyl (C=O) groups is 1. The van der Waals surface area contributed by atoms with Crippen molar-refractivity contribution in [2.75, 3.05) is 18.9 Å². The number of aliphatic hydroxyl groups is 1. The second-order valence-corrected chi connectivity index (χ2v) is 4.99. The molecule has 0 unspecified atom stereocenters. The number of hydrogen-bond acceptors (Lipinski definition) is 4. The van der Waals surface area contributed by atoms with Crippen LogP contribution in [-0.2, 0) is 14.8 Å². The van der Waals surface area contributed by atoms with Crippen LogP contribution in [-0.4, -0.2) is 43.5 Å². The molecule has 0 aliphatic carbocycles. The normalized spacial score (nSPS) is 11.5. The Morgan fingerprint density at radius 1 is 1.13 bits per heavy atom. The van der Waals surface area contributed by atoms with Gasteiger partial charge in [-0.15, -0.1) is 0 Å². The molecule has 0 atom stereocenters. The van der Waals surface area contributed by atoms with Crippen LogP contribution in [0.15, 0.2) is 0 Å². The molecule has 3 N–H and O–H groups in total. The Morgan fingerprint density at radius 3 is 2.27 bits per heavy atom. The molecular formula is C8H17NO5S. The molecule has 6 nitrogen and oxygen atoms in total. The molecule has 0 aliphatic rings. The lowest BCUT2D eigenvalue weighted by Crippen LogP contribution is -2.30. The Hall–Kier alpha value is -0.660. The number of carboxylic acid groups (broad SMARTS) is 1. The minimum absolute atomic E-state index is 0.144. The van der Waals surface area contributed by atoms with E-state index in [1.807, 2.05) is 0 Å². The first-order valence-corrected chi connectivity index (χ1v) is 6.43. The summed E-state index contributed by atoms with van der Waals surface area (Å²) in [5.41, 5.74) is 0. The fourth-order valence-corrected chi connectivity index (χ4v) is 1.91. The van der Waals surface area contributed by atoms with Gasteiger partial charge in [-0.3, -0.25) is 4.79 Å². The van der Waals surface area contributed by atoms with E-state index in [9.17, 15) is 13.2 Å². The molecule has 0 spiro atoms. The number of aliphatic carboxylic acids is 1. The maximum Gasteiger partial charge on any atom is 0.320 e. The fourth-order valence-electron chi connectivity index (χ4n) is 1.03. The van der Waals surface area contributed by atoms with Gasteiger partial charge >= 0.3 is 5.97 Å². The third kappa shape index (κ3) is 9.64. The van der Waals surface area contributed by atoms with Crippen molar-refractivity contribution in [1.29, 1.82) is 0 Å². The Balaban J connectivity index is 3.54. The third-order valence-electron chi connectivity index (χ3n) is 1.72. The van der Waals surface area contributed by atoms with Crippen LogP contribution in [0.5, 0.6) is 0 Å². The van der Waals surface area contributed by atoms with Gasteiger partial charge in [0.25, 0.3) is 0 Å².